The zero-order chi connectivity index (χ0) is 23.7. The maximum absolute atomic E-state index is 12.9. The Balaban J connectivity index is 1.52. The molecule has 0 N–H and O–H groups in total. The number of aliphatic imine (C=N–C) groups is 1. The molecular weight excluding hydrogens is 424 g/mol. The Kier molecular flexibility index (Phi) is 5.90. The topological polar surface area (TPSA) is 71.7 Å². The summed E-state index contributed by atoms with van der Waals surface area (Å²) in [5.74, 6) is 1.76. The number of hydrogen-bond acceptors (Lipinski definition) is 5. The quantitative estimate of drug-likeness (QED) is 0.469. The highest BCUT2D eigenvalue weighted by molar-refractivity contribution is 6.16. The second kappa shape index (κ2) is 9.15. The van der Waals surface area contributed by atoms with Gasteiger partial charge >= 0.3 is 0 Å². The molecule has 0 saturated heterocycles. The Morgan fingerprint density at radius 1 is 0.912 bits per heavy atom. The van der Waals surface area contributed by atoms with Crippen molar-refractivity contribution in [2.75, 3.05) is 14.2 Å². The lowest BCUT2D eigenvalue weighted by atomic mass is 9.75. The highest BCUT2D eigenvalue weighted by Crippen LogP contribution is 2.44. The Morgan fingerprint density at radius 2 is 1.53 bits per heavy atom. The summed E-state index contributed by atoms with van der Waals surface area (Å²) in [4.78, 5) is 18.1. The third kappa shape index (κ3) is 3.86. The molecule has 2 atom stereocenters. The molecule has 3 aromatic rings. The van der Waals surface area contributed by atoms with Crippen LogP contribution in [0.25, 0.3) is 0 Å². The molecule has 0 unspecified atom stereocenters. The fourth-order valence-corrected chi connectivity index (χ4v) is 5.14. The van der Waals surface area contributed by atoms with Gasteiger partial charge in [-0.25, -0.2) is 0 Å². The minimum atomic E-state index is -0.0687. The third-order valence-electron chi connectivity index (χ3n) is 6.93. The minimum absolute atomic E-state index is 0.0687. The summed E-state index contributed by atoms with van der Waals surface area (Å²) >= 11 is 0. The summed E-state index contributed by atoms with van der Waals surface area (Å²) in [5.41, 5.74) is 5.97. The van der Waals surface area contributed by atoms with E-state index in [1.54, 1.807) is 38.5 Å². The fourth-order valence-electron chi connectivity index (χ4n) is 5.14. The fraction of sp³-hybridized carbons (Fsp3) is 0.276. The van der Waals surface area contributed by atoms with Crippen LogP contribution in [0.3, 0.4) is 0 Å². The zero-order valence-corrected chi connectivity index (χ0v) is 19.4. The molecule has 0 radical (unpaired) electrons. The molecular formula is C29H26N2O3. The second-order valence-corrected chi connectivity index (χ2v) is 8.83. The van der Waals surface area contributed by atoms with Crippen LogP contribution in [0.1, 0.15) is 69.8 Å². The number of rotatable bonds is 5. The predicted octanol–water partition coefficient (Wildman–Crippen LogP) is 5.68. The van der Waals surface area contributed by atoms with Gasteiger partial charge < -0.3 is 9.47 Å². The molecule has 1 heterocycles. The van der Waals surface area contributed by atoms with E-state index in [-0.39, 0.29) is 11.8 Å². The monoisotopic (exact) mass is 450 g/mol. The lowest BCUT2D eigenvalue weighted by molar-refractivity contribution is 0.103. The van der Waals surface area contributed by atoms with Crippen molar-refractivity contribution in [3.05, 3.63) is 94.0 Å². The first-order valence-electron chi connectivity index (χ1n) is 11.6. The van der Waals surface area contributed by atoms with Crippen LogP contribution in [-0.2, 0) is 0 Å². The van der Waals surface area contributed by atoms with E-state index in [9.17, 15) is 4.79 Å². The van der Waals surface area contributed by atoms with E-state index in [1.807, 2.05) is 30.3 Å². The number of benzene rings is 3. The van der Waals surface area contributed by atoms with Crippen molar-refractivity contribution >= 4 is 11.5 Å². The first kappa shape index (κ1) is 21.9. The number of methoxy groups -OCH3 is 2. The number of ketones is 1. The summed E-state index contributed by atoms with van der Waals surface area (Å²) in [7, 11) is 3.32. The van der Waals surface area contributed by atoms with Gasteiger partial charge in [-0.05, 0) is 54.8 Å². The first-order valence-corrected chi connectivity index (χ1v) is 11.6. The Morgan fingerprint density at radius 3 is 2.18 bits per heavy atom. The van der Waals surface area contributed by atoms with Crippen LogP contribution in [0.15, 0.2) is 65.7 Å². The molecule has 2 aliphatic rings. The molecule has 170 valence electrons. The van der Waals surface area contributed by atoms with Crippen molar-refractivity contribution in [2.45, 2.75) is 37.6 Å². The van der Waals surface area contributed by atoms with Crippen LogP contribution in [-0.4, -0.2) is 31.8 Å². The summed E-state index contributed by atoms with van der Waals surface area (Å²) in [6.07, 6.45) is 4.61. The predicted molar refractivity (Wildman–Crippen MR) is 131 cm³/mol. The number of hydrogen-bond donors (Lipinski definition) is 0. The minimum Gasteiger partial charge on any atom is -0.493 e. The van der Waals surface area contributed by atoms with E-state index >= 15 is 0 Å². The summed E-state index contributed by atoms with van der Waals surface area (Å²) in [6.45, 7) is 0. The van der Waals surface area contributed by atoms with E-state index in [0.29, 0.717) is 28.4 Å². The average Bonchev–Trinajstić information content (AvgIpc) is 2.91. The van der Waals surface area contributed by atoms with E-state index in [0.717, 1.165) is 35.4 Å². The lowest BCUT2D eigenvalue weighted by Crippen LogP contribution is -2.29. The van der Waals surface area contributed by atoms with Gasteiger partial charge in [-0.15, -0.1) is 0 Å². The summed E-state index contributed by atoms with van der Waals surface area (Å²) < 4.78 is 11.2. The maximum Gasteiger partial charge on any atom is 0.193 e. The highest BCUT2D eigenvalue weighted by Gasteiger charge is 2.34. The smallest absolute Gasteiger partial charge is 0.193 e. The molecule has 1 fully saturated rings. The van der Waals surface area contributed by atoms with Crippen LogP contribution >= 0.6 is 0 Å². The Bertz CT molecular complexity index is 1300. The van der Waals surface area contributed by atoms with E-state index in [1.165, 1.54) is 18.4 Å². The van der Waals surface area contributed by atoms with Crippen molar-refractivity contribution < 1.29 is 14.3 Å². The molecule has 34 heavy (non-hydrogen) atoms. The van der Waals surface area contributed by atoms with Gasteiger partial charge in [-0.2, -0.15) is 5.26 Å². The van der Waals surface area contributed by atoms with Gasteiger partial charge in [0.15, 0.2) is 17.3 Å². The molecule has 1 saturated carbocycles. The number of fused-ring (bicyclic) bond motifs is 3. The van der Waals surface area contributed by atoms with Crippen molar-refractivity contribution in [2.24, 2.45) is 4.99 Å². The second-order valence-electron chi connectivity index (χ2n) is 8.83. The number of carbonyl (C=O) groups is 1. The zero-order valence-electron chi connectivity index (χ0n) is 19.4. The van der Waals surface area contributed by atoms with E-state index in [2.05, 4.69) is 12.1 Å². The van der Waals surface area contributed by atoms with Gasteiger partial charge in [0.25, 0.3) is 0 Å². The van der Waals surface area contributed by atoms with Crippen LogP contribution < -0.4 is 9.47 Å². The van der Waals surface area contributed by atoms with Gasteiger partial charge in [0.1, 0.15) is 0 Å². The Hall–Kier alpha value is -3.91. The van der Waals surface area contributed by atoms with Gasteiger partial charge in [0.05, 0.1) is 37.6 Å². The van der Waals surface area contributed by atoms with Gasteiger partial charge in [-0.3, -0.25) is 9.79 Å². The van der Waals surface area contributed by atoms with E-state index in [4.69, 9.17) is 19.7 Å². The maximum atomic E-state index is 12.9. The molecule has 5 heteroatoms. The SMILES string of the molecule is COc1cc2c(cc1OC)[C@H]1CCCC[C@H]1N=C2c1ccc(C(=O)c2ccc(C#N)cc2)cc1. The molecule has 0 bridgehead atoms. The van der Waals surface area contributed by atoms with Crippen molar-refractivity contribution in [1.82, 2.24) is 0 Å². The number of nitriles is 1. The Labute approximate surface area is 199 Å². The number of carbonyl (C=O) groups excluding carboxylic acids is 1. The van der Waals surface area contributed by atoms with Gasteiger partial charge in [0, 0.05) is 28.2 Å². The molecule has 3 aromatic carbocycles. The molecule has 0 amide bonds. The largest absolute Gasteiger partial charge is 0.493 e. The molecule has 0 spiro atoms. The summed E-state index contributed by atoms with van der Waals surface area (Å²) in [5, 5.41) is 8.98. The molecule has 1 aliphatic heterocycles. The third-order valence-corrected chi connectivity index (χ3v) is 6.93. The lowest BCUT2D eigenvalue weighted by Gasteiger charge is -2.35. The standard InChI is InChI=1S/C29H26N2O3/c1-33-26-15-23-22-5-3-4-6-25(22)31-28(24(23)16-27(26)34-2)19-11-13-21(14-12-19)29(32)20-9-7-18(17-30)8-10-20/h7-16,22,25H,3-6H2,1-2H3/t22-,25-/m1/s1. The van der Waals surface area contributed by atoms with Gasteiger partial charge in [-0.1, -0.05) is 37.1 Å². The summed E-state index contributed by atoms with van der Waals surface area (Å²) in [6, 6.07) is 20.9. The first-order chi connectivity index (χ1) is 16.6. The average molecular weight is 451 g/mol. The van der Waals surface area contributed by atoms with Crippen LogP contribution in [0.5, 0.6) is 11.5 Å². The molecule has 0 aromatic heterocycles. The van der Waals surface area contributed by atoms with Crippen molar-refractivity contribution in [3.63, 3.8) is 0 Å². The molecule has 5 rings (SSSR count). The van der Waals surface area contributed by atoms with Crippen molar-refractivity contribution in [1.29, 1.82) is 5.26 Å². The van der Waals surface area contributed by atoms with Gasteiger partial charge in [0.2, 0.25) is 0 Å². The van der Waals surface area contributed by atoms with Crippen LogP contribution in [0, 0.1) is 11.3 Å². The number of nitrogens with zero attached hydrogens (tertiary/aromatic N) is 2. The van der Waals surface area contributed by atoms with Crippen molar-refractivity contribution in [3.8, 4) is 17.6 Å². The normalized spacial score (nSPS) is 18.7. The van der Waals surface area contributed by atoms with E-state index < -0.39 is 0 Å². The number of ether oxygens (including phenoxy) is 2. The highest BCUT2D eigenvalue weighted by atomic mass is 16.5. The molecule has 1 aliphatic carbocycles. The van der Waals surface area contributed by atoms with Crippen LogP contribution in [0.4, 0.5) is 0 Å². The van der Waals surface area contributed by atoms with Crippen LogP contribution in [0.2, 0.25) is 0 Å². The molecule has 5 nitrogen and oxygen atoms in total.